The number of ether oxygens (including phenoxy) is 2. The number of hydrogen-bond acceptors (Lipinski definition) is 6. The molecule has 0 saturated carbocycles. The molecule has 0 spiro atoms. The lowest BCUT2D eigenvalue weighted by molar-refractivity contribution is -0.139. The summed E-state index contributed by atoms with van der Waals surface area (Å²) in [6.45, 7) is 6.25. The summed E-state index contributed by atoms with van der Waals surface area (Å²) in [4.78, 5) is 35.2. The van der Waals surface area contributed by atoms with Gasteiger partial charge >= 0.3 is 5.97 Å². The molecule has 35 heavy (non-hydrogen) atoms. The van der Waals surface area contributed by atoms with Gasteiger partial charge in [0, 0.05) is 22.7 Å². The van der Waals surface area contributed by atoms with E-state index in [1.165, 1.54) is 11.3 Å². The number of allylic oxidation sites excluding steroid dienone is 1. The third-order valence-electron chi connectivity index (χ3n) is 5.93. The summed E-state index contributed by atoms with van der Waals surface area (Å²) in [6.07, 6.45) is 3.77. The quantitative estimate of drug-likeness (QED) is 0.421. The van der Waals surface area contributed by atoms with Crippen LogP contribution in [0.3, 0.4) is 0 Å². The SMILES string of the molecule is CCOC(=O)C1=C(C)N=c2s/c(=C\c3c[nH]c4ccccc34)c(=O)n2C1c1ccc(OCC)cc1. The van der Waals surface area contributed by atoms with E-state index >= 15 is 0 Å². The highest BCUT2D eigenvalue weighted by atomic mass is 32.1. The van der Waals surface area contributed by atoms with E-state index < -0.39 is 12.0 Å². The maximum atomic E-state index is 13.7. The van der Waals surface area contributed by atoms with E-state index in [1.54, 1.807) is 18.4 Å². The third kappa shape index (κ3) is 4.10. The summed E-state index contributed by atoms with van der Waals surface area (Å²) in [5.41, 5.74) is 3.41. The van der Waals surface area contributed by atoms with Gasteiger partial charge in [-0.15, -0.1) is 0 Å². The molecular weight excluding hydrogens is 462 g/mol. The molecule has 5 rings (SSSR count). The van der Waals surface area contributed by atoms with Crippen LogP contribution in [0.4, 0.5) is 0 Å². The van der Waals surface area contributed by atoms with E-state index in [-0.39, 0.29) is 12.2 Å². The molecule has 1 aliphatic rings. The number of nitrogens with one attached hydrogen (secondary N) is 1. The van der Waals surface area contributed by atoms with Crippen molar-refractivity contribution in [2.45, 2.75) is 26.8 Å². The summed E-state index contributed by atoms with van der Waals surface area (Å²) < 4.78 is 13.1. The Balaban J connectivity index is 1.70. The molecule has 7 nitrogen and oxygen atoms in total. The summed E-state index contributed by atoms with van der Waals surface area (Å²) in [7, 11) is 0. The van der Waals surface area contributed by atoms with Crippen LogP contribution in [0.25, 0.3) is 17.0 Å². The van der Waals surface area contributed by atoms with E-state index in [9.17, 15) is 9.59 Å². The first-order valence-corrected chi connectivity index (χ1v) is 12.3. The van der Waals surface area contributed by atoms with Gasteiger partial charge in [-0.05, 0) is 50.6 Å². The fraction of sp³-hybridized carbons (Fsp3) is 0.222. The number of benzene rings is 2. The molecule has 3 heterocycles. The second-order valence-electron chi connectivity index (χ2n) is 8.09. The zero-order chi connectivity index (χ0) is 24.5. The number of hydrogen-bond donors (Lipinski definition) is 1. The number of H-pyrrole nitrogens is 1. The van der Waals surface area contributed by atoms with E-state index in [0.717, 1.165) is 27.8 Å². The fourth-order valence-electron chi connectivity index (χ4n) is 4.37. The summed E-state index contributed by atoms with van der Waals surface area (Å²) in [6, 6.07) is 14.7. The number of aromatic nitrogens is 2. The van der Waals surface area contributed by atoms with Crippen LogP contribution in [0, 0.1) is 0 Å². The van der Waals surface area contributed by atoms with E-state index in [0.29, 0.717) is 27.2 Å². The van der Waals surface area contributed by atoms with Crippen LogP contribution in [-0.4, -0.2) is 28.7 Å². The van der Waals surface area contributed by atoms with Crippen molar-refractivity contribution in [1.82, 2.24) is 9.55 Å². The average molecular weight is 488 g/mol. The van der Waals surface area contributed by atoms with Crippen LogP contribution in [0.15, 0.2) is 75.8 Å². The van der Waals surface area contributed by atoms with Gasteiger partial charge in [-0.25, -0.2) is 9.79 Å². The Morgan fingerprint density at radius 2 is 1.91 bits per heavy atom. The van der Waals surface area contributed by atoms with Crippen molar-refractivity contribution in [2.75, 3.05) is 13.2 Å². The Labute approximate surface area is 205 Å². The lowest BCUT2D eigenvalue weighted by Crippen LogP contribution is -2.39. The number of aromatic amines is 1. The number of rotatable bonds is 6. The van der Waals surface area contributed by atoms with Gasteiger partial charge in [0.2, 0.25) is 0 Å². The second-order valence-corrected chi connectivity index (χ2v) is 9.10. The Hall–Kier alpha value is -3.91. The molecule has 2 aromatic carbocycles. The molecule has 0 saturated heterocycles. The topological polar surface area (TPSA) is 85.7 Å². The zero-order valence-electron chi connectivity index (χ0n) is 19.7. The van der Waals surface area contributed by atoms with Crippen molar-refractivity contribution in [2.24, 2.45) is 4.99 Å². The Bertz CT molecular complexity index is 1620. The van der Waals surface area contributed by atoms with E-state index in [4.69, 9.17) is 9.47 Å². The minimum Gasteiger partial charge on any atom is -0.494 e. The molecule has 0 fully saturated rings. The standard InChI is InChI=1S/C27H25N3O4S/c1-4-33-19-12-10-17(11-13-19)24-23(26(32)34-5-2)16(3)29-27-30(24)25(31)22(35-27)14-18-15-28-21-9-7-6-8-20(18)21/h6-15,24,28H,4-5H2,1-3H3/b22-14-. The zero-order valence-corrected chi connectivity index (χ0v) is 20.5. The molecule has 0 aliphatic carbocycles. The predicted molar refractivity (Wildman–Crippen MR) is 136 cm³/mol. The van der Waals surface area contributed by atoms with E-state index in [1.807, 2.05) is 67.7 Å². The molecule has 178 valence electrons. The summed E-state index contributed by atoms with van der Waals surface area (Å²) >= 11 is 1.31. The molecular formula is C27H25N3O4S. The van der Waals surface area contributed by atoms with Crippen molar-refractivity contribution in [3.8, 4) is 5.75 Å². The lowest BCUT2D eigenvalue weighted by atomic mass is 9.96. The maximum Gasteiger partial charge on any atom is 0.338 e. The minimum absolute atomic E-state index is 0.202. The maximum absolute atomic E-state index is 13.7. The smallest absolute Gasteiger partial charge is 0.338 e. The van der Waals surface area contributed by atoms with Crippen molar-refractivity contribution < 1.29 is 14.3 Å². The highest BCUT2D eigenvalue weighted by Crippen LogP contribution is 2.31. The number of nitrogens with zero attached hydrogens (tertiary/aromatic N) is 2. The number of fused-ring (bicyclic) bond motifs is 2. The van der Waals surface area contributed by atoms with Crippen LogP contribution >= 0.6 is 11.3 Å². The van der Waals surface area contributed by atoms with Crippen LogP contribution in [0.5, 0.6) is 5.75 Å². The van der Waals surface area contributed by atoms with Crippen LogP contribution in [0.1, 0.15) is 37.9 Å². The molecule has 0 radical (unpaired) electrons. The van der Waals surface area contributed by atoms with Gasteiger partial charge in [-0.3, -0.25) is 9.36 Å². The van der Waals surface area contributed by atoms with Gasteiger partial charge in [-0.2, -0.15) is 0 Å². The number of esters is 1. The molecule has 0 amide bonds. The van der Waals surface area contributed by atoms with Crippen molar-refractivity contribution in [1.29, 1.82) is 0 Å². The third-order valence-corrected chi connectivity index (χ3v) is 6.91. The summed E-state index contributed by atoms with van der Waals surface area (Å²) in [5, 5.41) is 1.03. The Morgan fingerprint density at radius 3 is 2.66 bits per heavy atom. The normalized spacial score (nSPS) is 15.7. The molecule has 1 N–H and O–H groups in total. The molecule has 1 unspecified atom stereocenters. The van der Waals surface area contributed by atoms with Gasteiger partial charge in [-0.1, -0.05) is 41.7 Å². The van der Waals surface area contributed by atoms with Gasteiger partial charge in [0.05, 0.1) is 35.1 Å². The molecule has 8 heteroatoms. The number of carbonyl (C=O) groups is 1. The fourth-order valence-corrected chi connectivity index (χ4v) is 5.41. The first-order valence-electron chi connectivity index (χ1n) is 11.5. The Morgan fingerprint density at radius 1 is 1.14 bits per heavy atom. The van der Waals surface area contributed by atoms with Gasteiger partial charge in [0.15, 0.2) is 4.80 Å². The molecule has 0 bridgehead atoms. The number of para-hydroxylation sites is 1. The summed E-state index contributed by atoms with van der Waals surface area (Å²) in [5.74, 6) is 0.250. The predicted octanol–water partition coefficient (Wildman–Crippen LogP) is 3.68. The largest absolute Gasteiger partial charge is 0.494 e. The van der Waals surface area contributed by atoms with Crippen molar-refractivity contribution in [3.63, 3.8) is 0 Å². The molecule has 2 aromatic heterocycles. The molecule has 1 aliphatic heterocycles. The molecule has 4 aromatic rings. The highest BCUT2D eigenvalue weighted by molar-refractivity contribution is 7.07. The monoisotopic (exact) mass is 487 g/mol. The van der Waals surface area contributed by atoms with E-state index in [2.05, 4.69) is 9.98 Å². The first-order chi connectivity index (χ1) is 17.0. The van der Waals surface area contributed by atoms with Crippen LogP contribution in [-0.2, 0) is 9.53 Å². The van der Waals surface area contributed by atoms with Crippen molar-refractivity contribution in [3.05, 3.63) is 96.8 Å². The first kappa shape index (κ1) is 22.9. The average Bonchev–Trinajstić information content (AvgIpc) is 3.40. The van der Waals surface area contributed by atoms with Crippen molar-refractivity contribution >= 4 is 34.3 Å². The van der Waals surface area contributed by atoms with Gasteiger partial charge in [0.1, 0.15) is 5.75 Å². The van der Waals surface area contributed by atoms with Crippen LogP contribution < -0.4 is 19.6 Å². The minimum atomic E-state index is -0.647. The number of thiazole rings is 1. The van der Waals surface area contributed by atoms with Crippen LogP contribution in [0.2, 0.25) is 0 Å². The lowest BCUT2D eigenvalue weighted by Gasteiger charge is -2.24. The Kier molecular flexibility index (Phi) is 6.13. The number of carbonyl (C=O) groups excluding carboxylic acids is 1. The van der Waals surface area contributed by atoms with Gasteiger partial charge < -0.3 is 14.5 Å². The molecule has 1 atom stereocenters. The second kappa shape index (κ2) is 9.38. The highest BCUT2D eigenvalue weighted by Gasteiger charge is 2.33. The van der Waals surface area contributed by atoms with Gasteiger partial charge in [0.25, 0.3) is 5.56 Å².